The normalized spacial score (nSPS) is 21.9. The molecular weight excluding hydrogens is 256 g/mol. The molecule has 1 aromatic heterocycles. The largest absolute Gasteiger partial charge is 0.326 e. The summed E-state index contributed by atoms with van der Waals surface area (Å²) >= 11 is 0. The summed E-state index contributed by atoms with van der Waals surface area (Å²) in [5, 5.41) is 17.2. The van der Waals surface area contributed by atoms with E-state index in [1.54, 1.807) is 4.68 Å². The fraction of sp³-hybridized carbons (Fsp3) is 0.385. The summed E-state index contributed by atoms with van der Waals surface area (Å²) in [6.45, 7) is 2.94. The zero-order valence-corrected chi connectivity index (χ0v) is 11.2. The van der Waals surface area contributed by atoms with Crippen LogP contribution in [-0.4, -0.2) is 38.7 Å². The van der Waals surface area contributed by atoms with Crippen molar-refractivity contribution in [3.8, 4) is 5.69 Å². The van der Waals surface area contributed by atoms with Gasteiger partial charge in [0.15, 0.2) is 0 Å². The Kier molecular flexibility index (Phi) is 3.42. The molecule has 1 fully saturated rings. The molecule has 2 unspecified atom stereocenters. The van der Waals surface area contributed by atoms with Gasteiger partial charge < -0.3 is 10.6 Å². The molecule has 7 heteroatoms. The molecule has 1 aliphatic heterocycles. The van der Waals surface area contributed by atoms with Gasteiger partial charge in [0.2, 0.25) is 5.91 Å². The van der Waals surface area contributed by atoms with Crippen LogP contribution in [0.2, 0.25) is 0 Å². The molecule has 0 saturated carbocycles. The van der Waals surface area contributed by atoms with Gasteiger partial charge in [0.1, 0.15) is 6.33 Å². The van der Waals surface area contributed by atoms with Crippen LogP contribution in [0.15, 0.2) is 30.6 Å². The third-order valence-corrected chi connectivity index (χ3v) is 3.61. The maximum Gasteiger partial charge on any atom is 0.229 e. The summed E-state index contributed by atoms with van der Waals surface area (Å²) in [4.78, 5) is 12.2. The van der Waals surface area contributed by atoms with Gasteiger partial charge in [-0.3, -0.25) is 4.79 Å². The number of tetrazole rings is 1. The first-order chi connectivity index (χ1) is 9.74. The molecule has 1 saturated heterocycles. The fourth-order valence-corrected chi connectivity index (χ4v) is 2.43. The highest BCUT2D eigenvalue weighted by Crippen LogP contribution is 2.18. The second-order valence-corrected chi connectivity index (χ2v) is 4.93. The Morgan fingerprint density at radius 3 is 2.80 bits per heavy atom. The molecule has 2 heterocycles. The van der Waals surface area contributed by atoms with Crippen LogP contribution in [0.5, 0.6) is 0 Å². The molecule has 20 heavy (non-hydrogen) atoms. The number of hydrogen-bond acceptors (Lipinski definition) is 5. The third kappa shape index (κ3) is 2.53. The van der Waals surface area contributed by atoms with Crippen molar-refractivity contribution in [1.29, 1.82) is 0 Å². The highest BCUT2D eigenvalue weighted by atomic mass is 16.1. The zero-order chi connectivity index (χ0) is 13.9. The lowest BCUT2D eigenvalue weighted by Gasteiger charge is -2.15. The number of carbonyl (C=O) groups excluding carboxylic acids is 1. The number of amides is 1. The van der Waals surface area contributed by atoms with Crippen LogP contribution < -0.4 is 10.6 Å². The maximum atomic E-state index is 12.2. The molecule has 0 radical (unpaired) electrons. The van der Waals surface area contributed by atoms with E-state index in [0.717, 1.165) is 24.3 Å². The molecule has 0 bridgehead atoms. The fourth-order valence-electron chi connectivity index (χ4n) is 2.43. The first-order valence-electron chi connectivity index (χ1n) is 6.62. The first kappa shape index (κ1) is 12.7. The van der Waals surface area contributed by atoms with E-state index in [0.29, 0.717) is 0 Å². The summed E-state index contributed by atoms with van der Waals surface area (Å²) in [6, 6.07) is 7.66. The molecule has 2 N–H and O–H groups in total. The second-order valence-electron chi connectivity index (χ2n) is 4.93. The van der Waals surface area contributed by atoms with Gasteiger partial charge in [0, 0.05) is 11.7 Å². The van der Waals surface area contributed by atoms with Gasteiger partial charge in [-0.1, -0.05) is 0 Å². The Bertz CT molecular complexity index is 579. The zero-order valence-electron chi connectivity index (χ0n) is 11.2. The minimum absolute atomic E-state index is 0.0363. The third-order valence-electron chi connectivity index (χ3n) is 3.61. The minimum Gasteiger partial charge on any atom is -0.326 e. The standard InChI is InChI=1S/C13H16N6O/c1-9-12(6-7-14-9)13(20)16-10-2-4-11(5-3-10)19-8-15-17-18-19/h2-5,8-9,12,14H,6-7H2,1H3,(H,16,20). The van der Waals surface area contributed by atoms with Crippen LogP contribution >= 0.6 is 0 Å². The van der Waals surface area contributed by atoms with Crippen LogP contribution in [0.3, 0.4) is 0 Å². The van der Waals surface area contributed by atoms with Crippen molar-refractivity contribution in [2.24, 2.45) is 5.92 Å². The quantitative estimate of drug-likeness (QED) is 0.854. The lowest BCUT2D eigenvalue weighted by molar-refractivity contribution is -0.119. The molecule has 104 valence electrons. The summed E-state index contributed by atoms with van der Waals surface area (Å²) in [7, 11) is 0. The van der Waals surface area contributed by atoms with Gasteiger partial charge in [0.25, 0.3) is 0 Å². The van der Waals surface area contributed by atoms with E-state index >= 15 is 0 Å². The number of carbonyl (C=O) groups is 1. The topological polar surface area (TPSA) is 84.7 Å². The number of hydrogen-bond donors (Lipinski definition) is 2. The summed E-state index contributed by atoms with van der Waals surface area (Å²) in [6.07, 6.45) is 2.41. The minimum atomic E-state index is 0.0363. The van der Waals surface area contributed by atoms with E-state index in [1.807, 2.05) is 31.2 Å². The molecule has 2 atom stereocenters. The van der Waals surface area contributed by atoms with E-state index in [4.69, 9.17) is 0 Å². The van der Waals surface area contributed by atoms with E-state index in [2.05, 4.69) is 26.2 Å². The average molecular weight is 272 g/mol. The van der Waals surface area contributed by atoms with Crippen molar-refractivity contribution in [1.82, 2.24) is 25.5 Å². The van der Waals surface area contributed by atoms with Crippen LogP contribution in [0.25, 0.3) is 5.69 Å². The highest BCUT2D eigenvalue weighted by Gasteiger charge is 2.29. The smallest absolute Gasteiger partial charge is 0.229 e. The van der Waals surface area contributed by atoms with Crippen LogP contribution in [0.4, 0.5) is 5.69 Å². The van der Waals surface area contributed by atoms with E-state index in [9.17, 15) is 4.79 Å². The Balaban J connectivity index is 1.68. The predicted molar refractivity (Wildman–Crippen MR) is 73.4 cm³/mol. The van der Waals surface area contributed by atoms with Gasteiger partial charge in [0.05, 0.1) is 11.6 Å². The monoisotopic (exact) mass is 272 g/mol. The molecule has 7 nitrogen and oxygen atoms in total. The van der Waals surface area contributed by atoms with Gasteiger partial charge >= 0.3 is 0 Å². The van der Waals surface area contributed by atoms with Gasteiger partial charge in [-0.15, -0.1) is 5.10 Å². The lowest BCUT2D eigenvalue weighted by Crippen LogP contribution is -2.32. The summed E-state index contributed by atoms with van der Waals surface area (Å²) in [5.41, 5.74) is 1.63. The predicted octanol–water partition coefficient (Wildman–Crippen LogP) is 0.599. The average Bonchev–Trinajstić information content (AvgIpc) is 3.10. The van der Waals surface area contributed by atoms with Gasteiger partial charge in [-0.25, -0.2) is 4.68 Å². The van der Waals surface area contributed by atoms with E-state index in [-0.39, 0.29) is 17.9 Å². The number of benzene rings is 1. The van der Waals surface area contributed by atoms with E-state index < -0.39 is 0 Å². The molecule has 1 aliphatic rings. The molecule has 1 aromatic carbocycles. The maximum absolute atomic E-state index is 12.2. The molecule has 2 aromatic rings. The van der Waals surface area contributed by atoms with Crippen LogP contribution in [-0.2, 0) is 4.79 Å². The van der Waals surface area contributed by atoms with Crippen LogP contribution in [0, 0.1) is 5.92 Å². The first-order valence-corrected chi connectivity index (χ1v) is 6.62. The summed E-state index contributed by atoms with van der Waals surface area (Å²) < 4.78 is 1.56. The summed E-state index contributed by atoms with van der Waals surface area (Å²) in [5.74, 6) is 0.104. The second kappa shape index (κ2) is 5.38. The molecule has 3 rings (SSSR count). The van der Waals surface area contributed by atoms with Crippen molar-refractivity contribution >= 4 is 11.6 Å². The van der Waals surface area contributed by atoms with Crippen molar-refractivity contribution < 1.29 is 4.79 Å². The number of nitrogens with zero attached hydrogens (tertiary/aromatic N) is 4. The highest BCUT2D eigenvalue weighted by molar-refractivity contribution is 5.93. The van der Waals surface area contributed by atoms with Crippen molar-refractivity contribution in [3.05, 3.63) is 30.6 Å². The van der Waals surface area contributed by atoms with Gasteiger partial charge in [-0.2, -0.15) is 0 Å². The number of nitrogens with one attached hydrogen (secondary N) is 2. The SMILES string of the molecule is CC1NCCC1C(=O)Nc1ccc(-n2cnnn2)cc1. The van der Waals surface area contributed by atoms with Crippen LogP contribution in [0.1, 0.15) is 13.3 Å². The molecular formula is C13H16N6O. The molecule has 1 amide bonds. The Labute approximate surface area is 116 Å². The molecule has 0 spiro atoms. The van der Waals surface area contributed by atoms with Crippen molar-refractivity contribution in [3.63, 3.8) is 0 Å². The van der Waals surface area contributed by atoms with Crippen molar-refractivity contribution in [2.45, 2.75) is 19.4 Å². The Morgan fingerprint density at radius 1 is 1.40 bits per heavy atom. The van der Waals surface area contributed by atoms with E-state index in [1.165, 1.54) is 6.33 Å². The Hall–Kier alpha value is -2.28. The van der Waals surface area contributed by atoms with Crippen molar-refractivity contribution in [2.75, 3.05) is 11.9 Å². The number of anilines is 1. The molecule has 0 aliphatic carbocycles. The number of rotatable bonds is 3. The lowest BCUT2D eigenvalue weighted by atomic mass is 10.0. The van der Waals surface area contributed by atoms with Gasteiger partial charge in [-0.05, 0) is 54.6 Å². The Morgan fingerprint density at radius 2 is 2.20 bits per heavy atom. The number of aromatic nitrogens is 4.